The molecule has 1 saturated heterocycles. The van der Waals surface area contributed by atoms with Gasteiger partial charge in [-0.3, -0.25) is 4.79 Å². The second-order valence-corrected chi connectivity index (χ2v) is 5.65. The van der Waals surface area contributed by atoms with Gasteiger partial charge in [-0.1, -0.05) is 13.3 Å². The summed E-state index contributed by atoms with van der Waals surface area (Å²) in [4.78, 5) is 27.2. The number of urea groups is 1. The van der Waals surface area contributed by atoms with E-state index >= 15 is 0 Å². The van der Waals surface area contributed by atoms with E-state index < -0.39 is 6.10 Å². The number of carbonyl (C=O) groups excluding carboxylic acids is 2. The highest BCUT2D eigenvalue weighted by Gasteiger charge is 2.29. The number of nitrogens with zero attached hydrogens (tertiary/aromatic N) is 2. The van der Waals surface area contributed by atoms with Crippen molar-refractivity contribution in [1.82, 2.24) is 15.1 Å². The van der Waals surface area contributed by atoms with Gasteiger partial charge in [0.05, 0.1) is 12.0 Å². The summed E-state index contributed by atoms with van der Waals surface area (Å²) in [5.74, 6) is -0.224. The third kappa shape index (κ3) is 5.00. The Labute approximate surface area is 121 Å². The molecular weight excluding hydrogens is 258 g/mol. The molecule has 2 atom stereocenters. The molecule has 0 aromatic rings. The smallest absolute Gasteiger partial charge is 0.319 e. The number of hydrogen-bond donors (Lipinski definition) is 2. The normalized spacial score (nSPS) is 20.4. The van der Waals surface area contributed by atoms with Crippen molar-refractivity contribution in [2.24, 2.45) is 5.92 Å². The van der Waals surface area contributed by atoms with Gasteiger partial charge < -0.3 is 20.2 Å². The van der Waals surface area contributed by atoms with E-state index in [0.717, 1.165) is 19.3 Å². The van der Waals surface area contributed by atoms with E-state index in [1.807, 2.05) is 6.92 Å². The Bertz CT molecular complexity index is 334. The zero-order chi connectivity index (χ0) is 15.1. The molecule has 6 nitrogen and oxygen atoms in total. The first-order valence-corrected chi connectivity index (χ1v) is 7.37. The first-order valence-electron chi connectivity index (χ1n) is 7.37. The van der Waals surface area contributed by atoms with Crippen molar-refractivity contribution in [3.05, 3.63) is 0 Å². The quantitative estimate of drug-likeness (QED) is 0.779. The number of likely N-dealkylation sites (tertiary alicyclic amines) is 1. The number of hydrogen-bond acceptors (Lipinski definition) is 3. The molecule has 6 heteroatoms. The number of rotatable bonds is 5. The average Bonchev–Trinajstić information content (AvgIpc) is 2.44. The Balaban J connectivity index is 2.42. The second-order valence-electron chi connectivity index (χ2n) is 5.65. The van der Waals surface area contributed by atoms with Crippen LogP contribution in [0, 0.1) is 5.92 Å². The van der Waals surface area contributed by atoms with E-state index in [1.54, 1.807) is 19.0 Å². The van der Waals surface area contributed by atoms with Crippen LogP contribution in [0.3, 0.4) is 0 Å². The first-order chi connectivity index (χ1) is 9.45. The van der Waals surface area contributed by atoms with Crippen molar-refractivity contribution in [2.75, 3.05) is 33.7 Å². The van der Waals surface area contributed by atoms with Crippen LogP contribution in [-0.4, -0.2) is 66.7 Å². The van der Waals surface area contributed by atoms with Gasteiger partial charge in [-0.15, -0.1) is 0 Å². The molecule has 1 aliphatic rings. The monoisotopic (exact) mass is 285 g/mol. The van der Waals surface area contributed by atoms with Gasteiger partial charge >= 0.3 is 6.03 Å². The Morgan fingerprint density at radius 3 is 2.75 bits per heavy atom. The van der Waals surface area contributed by atoms with Crippen molar-refractivity contribution in [2.45, 2.75) is 38.7 Å². The van der Waals surface area contributed by atoms with Gasteiger partial charge in [-0.05, 0) is 19.3 Å². The summed E-state index contributed by atoms with van der Waals surface area (Å²) in [5.41, 5.74) is 0. The molecule has 0 radical (unpaired) electrons. The van der Waals surface area contributed by atoms with E-state index in [1.165, 1.54) is 4.90 Å². The highest BCUT2D eigenvalue weighted by Crippen LogP contribution is 2.17. The van der Waals surface area contributed by atoms with E-state index in [2.05, 4.69) is 5.32 Å². The van der Waals surface area contributed by atoms with Crippen LogP contribution in [0.2, 0.25) is 0 Å². The molecule has 0 spiro atoms. The molecule has 20 heavy (non-hydrogen) atoms. The van der Waals surface area contributed by atoms with Gasteiger partial charge in [-0.25, -0.2) is 4.79 Å². The maximum atomic E-state index is 12.1. The molecule has 0 aromatic heterocycles. The standard InChI is InChI=1S/C14H27N3O3/c1-4-6-12(18)9-15-13(19)11-7-5-8-17(10-11)14(20)16(2)3/h11-12,18H,4-10H2,1-3H3,(H,15,19). The second kappa shape index (κ2) is 8.09. The zero-order valence-electron chi connectivity index (χ0n) is 12.8. The number of amides is 3. The summed E-state index contributed by atoms with van der Waals surface area (Å²) in [6.07, 6.45) is 2.75. The van der Waals surface area contributed by atoms with Crippen LogP contribution in [0.25, 0.3) is 0 Å². The van der Waals surface area contributed by atoms with Gasteiger partial charge in [-0.2, -0.15) is 0 Å². The summed E-state index contributed by atoms with van der Waals surface area (Å²) in [6.45, 7) is 3.47. The Morgan fingerprint density at radius 2 is 2.15 bits per heavy atom. The molecule has 1 heterocycles. The molecule has 0 aliphatic carbocycles. The first kappa shape index (κ1) is 16.8. The predicted octanol–water partition coefficient (Wildman–Crippen LogP) is 0.657. The minimum Gasteiger partial charge on any atom is -0.391 e. The van der Waals surface area contributed by atoms with Gasteiger partial charge in [0.1, 0.15) is 0 Å². The molecule has 1 aliphatic heterocycles. The van der Waals surface area contributed by atoms with Crippen molar-refractivity contribution in [1.29, 1.82) is 0 Å². The lowest BCUT2D eigenvalue weighted by Crippen LogP contribution is -2.49. The van der Waals surface area contributed by atoms with Crippen molar-refractivity contribution < 1.29 is 14.7 Å². The van der Waals surface area contributed by atoms with Gasteiger partial charge in [0.25, 0.3) is 0 Å². The average molecular weight is 285 g/mol. The van der Waals surface area contributed by atoms with Crippen molar-refractivity contribution >= 4 is 11.9 Å². The molecule has 0 aromatic carbocycles. The third-order valence-corrected chi connectivity index (χ3v) is 3.58. The molecule has 2 N–H and O–H groups in total. The highest BCUT2D eigenvalue weighted by molar-refractivity contribution is 5.80. The largest absolute Gasteiger partial charge is 0.391 e. The Hall–Kier alpha value is -1.30. The fourth-order valence-electron chi connectivity index (χ4n) is 2.45. The maximum Gasteiger partial charge on any atom is 0.319 e. The lowest BCUT2D eigenvalue weighted by atomic mass is 9.97. The summed E-state index contributed by atoms with van der Waals surface area (Å²) < 4.78 is 0. The minimum atomic E-state index is -0.480. The Morgan fingerprint density at radius 1 is 1.45 bits per heavy atom. The third-order valence-electron chi connectivity index (χ3n) is 3.58. The number of nitrogens with one attached hydrogen (secondary N) is 1. The van der Waals surface area contributed by atoms with E-state index in [0.29, 0.717) is 26.1 Å². The van der Waals surface area contributed by atoms with Gasteiger partial charge in [0.2, 0.25) is 5.91 Å². The highest BCUT2D eigenvalue weighted by atomic mass is 16.3. The molecule has 3 amide bonds. The van der Waals surface area contributed by atoms with Crippen LogP contribution in [0.1, 0.15) is 32.6 Å². The fraction of sp³-hybridized carbons (Fsp3) is 0.857. The molecule has 2 unspecified atom stereocenters. The number of piperidine rings is 1. The molecular formula is C14H27N3O3. The predicted molar refractivity (Wildman–Crippen MR) is 77.3 cm³/mol. The van der Waals surface area contributed by atoms with Crippen molar-refractivity contribution in [3.8, 4) is 0 Å². The van der Waals surface area contributed by atoms with Crippen LogP contribution in [0.4, 0.5) is 4.79 Å². The van der Waals surface area contributed by atoms with Crippen LogP contribution in [-0.2, 0) is 4.79 Å². The molecule has 1 fully saturated rings. The van der Waals surface area contributed by atoms with Gasteiger partial charge in [0.15, 0.2) is 0 Å². The summed E-state index contributed by atoms with van der Waals surface area (Å²) >= 11 is 0. The van der Waals surface area contributed by atoms with Crippen molar-refractivity contribution in [3.63, 3.8) is 0 Å². The molecule has 1 rings (SSSR count). The SMILES string of the molecule is CCCC(O)CNC(=O)C1CCCN(C(=O)N(C)C)C1. The van der Waals surface area contributed by atoms with Crippen LogP contribution in [0.15, 0.2) is 0 Å². The molecule has 116 valence electrons. The zero-order valence-corrected chi connectivity index (χ0v) is 12.8. The minimum absolute atomic E-state index is 0.0477. The van der Waals surface area contributed by atoms with E-state index in [-0.39, 0.29) is 17.9 Å². The lowest BCUT2D eigenvalue weighted by molar-refractivity contribution is -0.126. The number of aliphatic hydroxyl groups excluding tert-OH is 1. The number of aliphatic hydroxyl groups is 1. The number of carbonyl (C=O) groups is 2. The molecule has 0 saturated carbocycles. The summed E-state index contributed by atoms with van der Waals surface area (Å²) in [5, 5.41) is 12.4. The maximum absolute atomic E-state index is 12.1. The summed E-state index contributed by atoms with van der Waals surface area (Å²) in [6, 6.07) is -0.0477. The van der Waals surface area contributed by atoms with Gasteiger partial charge in [0, 0.05) is 33.7 Å². The van der Waals surface area contributed by atoms with E-state index in [4.69, 9.17) is 0 Å². The lowest BCUT2D eigenvalue weighted by Gasteiger charge is -2.33. The molecule has 0 bridgehead atoms. The van der Waals surface area contributed by atoms with Crippen LogP contribution < -0.4 is 5.32 Å². The van der Waals surface area contributed by atoms with Crippen LogP contribution >= 0.6 is 0 Å². The van der Waals surface area contributed by atoms with E-state index in [9.17, 15) is 14.7 Å². The van der Waals surface area contributed by atoms with Crippen LogP contribution in [0.5, 0.6) is 0 Å². The topological polar surface area (TPSA) is 72.9 Å². The Kier molecular flexibility index (Phi) is 6.78. The summed E-state index contributed by atoms with van der Waals surface area (Å²) in [7, 11) is 3.43. The fourth-order valence-corrected chi connectivity index (χ4v) is 2.45.